The molecule has 1 unspecified atom stereocenters. The van der Waals surface area contributed by atoms with Crippen LogP contribution in [-0.4, -0.2) is 12.2 Å². The van der Waals surface area contributed by atoms with Crippen LogP contribution in [0.15, 0.2) is 18.2 Å². The van der Waals surface area contributed by atoms with E-state index in [-0.39, 0.29) is 5.75 Å². The maximum absolute atomic E-state index is 9.66. The monoisotopic (exact) mass is 209 g/mol. The predicted octanol–water partition coefficient (Wildman–Crippen LogP) is 2.23. The molecule has 0 heterocycles. The first-order valence-electron chi connectivity index (χ1n) is 5.06. The van der Waals surface area contributed by atoms with Gasteiger partial charge in [0.15, 0.2) is 11.5 Å². The molecule has 0 aliphatic heterocycles. The summed E-state index contributed by atoms with van der Waals surface area (Å²) in [7, 11) is 1.53. The van der Waals surface area contributed by atoms with Crippen LogP contribution in [0.25, 0.3) is 0 Å². The van der Waals surface area contributed by atoms with Crippen molar-refractivity contribution >= 4 is 0 Å². The predicted molar refractivity (Wildman–Crippen MR) is 61.0 cm³/mol. The molecule has 15 heavy (non-hydrogen) atoms. The molecule has 3 nitrogen and oxygen atoms in total. The van der Waals surface area contributed by atoms with Crippen LogP contribution in [0.3, 0.4) is 0 Å². The zero-order valence-corrected chi connectivity index (χ0v) is 9.74. The van der Waals surface area contributed by atoms with E-state index in [1.54, 1.807) is 12.1 Å². The van der Waals surface area contributed by atoms with Crippen LogP contribution in [0, 0.1) is 5.92 Å². The Morgan fingerprint density at radius 2 is 2.00 bits per heavy atom. The molecule has 1 aromatic rings. The minimum atomic E-state index is -0.441. The molecule has 84 valence electrons. The lowest BCUT2D eigenvalue weighted by Gasteiger charge is -2.30. The number of rotatable bonds is 3. The zero-order chi connectivity index (χ0) is 11.6. The largest absolute Gasteiger partial charge is 0.504 e. The first kappa shape index (κ1) is 11.9. The van der Waals surface area contributed by atoms with Crippen LogP contribution < -0.4 is 10.5 Å². The Bertz CT molecular complexity index is 345. The molecule has 0 aliphatic carbocycles. The third-order valence-electron chi connectivity index (χ3n) is 3.00. The summed E-state index contributed by atoms with van der Waals surface area (Å²) in [5, 5.41) is 9.66. The summed E-state index contributed by atoms with van der Waals surface area (Å²) in [6.45, 7) is 6.07. The van der Waals surface area contributed by atoms with Gasteiger partial charge in [0.05, 0.1) is 7.11 Å². The van der Waals surface area contributed by atoms with Gasteiger partial charge in [0.25, 0.3) is 0 Å². The van der Waals surface area contributed by atoms with Crippen molar-refractivity contribution < 1.29 is 9.84 Å². The van der Waals surface area contributed by atoms with E-state index < -0.39 is 5.54 Å². The van der Waals surface area contributed by atoms with Crippen LogP contribution in [0.5, 0.6) is 11.5 Å². The van der Waals surface area contributed by atoms with E-state index in [1.807, 2.05) is 13.0 Å². The topological polar surface area (TPSA) is 55.5 Å². The van der Waals surface area contributed by atoms with E-state index in [9.17, 15) is 5.11 Å². The summed E-state index contributed by atoms with van der Waals surface area (Å²) >= 11 is 0. The van der Waals surface area contributed by atoms with E-state index in [1.165, 1.54) is 7.11 Å². The molecule has 0 saturated carbocycles. The SMILES string of the molecule is COc1ccc(C(C)(N)C(C)C)cc1O. The molecule has 1 aromatic carbocycles. The lowest BCUT2D eigenvalue weighted by molar-refractivity contribution is 0.343. The number of hydrogen-bond donors (Lipinski definition) is 2. The highest BCUT2D eigenvalue weighted by atomic mass is 16.5. The number of nitrogens with two attached hydrogens (primary N) is 1. The fraction of sp³-hybridized carbons (Fsp3) is 0.500. The van der Waals surface area contributed by atoms with Gasteiger partial charge in [0, 0.05) is 5.54 Å². The summed E-state index contributed by atoms with van der Waals surface area (Å²) in [5.41, 5.74) is 6.66. The number of methoxy groups -OCH3 is 1. The fourth-order valence-corrected chi connectivity index (χ4v) is 1.36. The third-order valence-corrected chi connectivity index (χ3v) is 3.00. The van der Waals surface area contributed by atoms with Crippen molar-refractivity contribution in [2.75, 3.05) is 7.11 Å². The summed E-state index contributed by atoms with van der Waals surface area (Å²) in [6.07, 6.45) is 0. The molecule has 1 atom stereocenters. The van der Waals surface area contributed by atoms with Crippen LogP contribution in [0.4, 0.5) is 0 Å². The van der Waals surface area contributed by atoms with E-state index in [4.69, 9.17) is 10.5 Å². The van der Waals surface area contributed by atoms with Gasteiger partial charge in [0.1, 0.15) is 0 Å². The van der Waals surface area contributed by atoms with Crippen LogP contribution in [-0.2, 0) is 5.54 Å². The first-order valence-corrected chi connectivity index (χ1v) is 5.06. The molecule has 0 bridgehead atoms. The molecular weight excluding hydrogens is 190 g/mol. The summed E-state index contributed by atoms with van der Waals surface area (Å²) in [6, 6.07) is 5.29. The van der Waals surface area contributed by atoms with Crippen molar-refractivity contribution in [1.82, 2.24) is 0 Å². The molecule has 3 heteroatoms. The Balaban J connectivity index is 3.12. The van der Waals surface area contributed by atoms with Gasteiger partial charge in [-0.15, -0.1) is 0 Å². The Kier molecular flexibility index (Phi) is 3.25. The van der Waals surface area contributed by atoms with E-state index >= 15 is 0 Å². The van der Waals surface area contributed by atoms with Crippen molar-refractivity contribution in [2.45, 2.75) is 26.3 Å². The van der Waals surface area contributed by atoms with Gasteiger partial charge >= 0.3 is 0 Å². The van der Waals surface area contributed by atoms with Crippen molar-refractivity contribution in [3.63, 3.8) is 0 Å². The number of ether oxygens (including phenoxy) is 1. The van der Waals surface area contributed by atoms with Crippen molar-refractivity contribution in [3.05, 3.63) is 23.8 Å². The standard InChI is InChI=1S/C12H19NO2/c1-8(2)12(3,13)9-5-6-11(15-4)10(14)7-9/h5-8,14H,13H2,1-4H3. The van der Waals surface area contributed by atoms with Crippen molar-refractivity contribution in [3.8, 4) is 11.5 Å². The average Bonchev–Trinajstić information content (AvgIpc) is 2.17. The van der Waals surface area contributed by atoms with Gasteiger partial charge in [-0.25, -0.2) is 0 Å². The van der Waals surface area contributed by atoms with Gasteiger partial charge in [-0.3, -0.25) is 0 Å². The average molecular weight is 209 g/mol. The number of hydrogen-bond acceptors (Lipinski definition) is 3. The van der Waals surface area contributed by atoms with Gasteiger partial charge in [-0.1, -0.05) is 19.9 Å². The maximum Gasteiger partial charge on any atom is 0.160 e. The van der Waals surface area contributed by atoms with Crippen molar-refractivity contribution in [1.29, 1.82) is 0 Å². The van der Waals surface area contributed by atoms with Crippen molar-refractivity contribution in [2.24, 2.45) is 11.7 Å². The Morgan fingerprint density at radius 1 is 1.40 bits per heavy atom. The molecule has 3 N–H and O–H groups in total. The summed E-state index contributed by atoms with van der Waals surface area (Å²) in [5.74, 6) is 0.899. The number of aromatic hydroxyl groups is 1. The summed E-state index contributed by atoms with van der Waals surface area (Å²) in [4.78, 5) is 0. The second-order valence-corrected chi connectivity index (χ2v) is 4.32. The first-order chi connectivity index (χ1) is 6.89. The second kappa shape index (κ2) is 4.11. The molecule has 0 radical (unpaired) electrons. The zero-order valence-electron chi connectivity index (χ0n) is 9.74. The van der Waals surface area contributed by atoms with Gasteiger partial charge < -0.3 is 15.6 Å². The molecular formula is C12H19NO2. The molecule has 1 rings (SSSR count). The molecule has 0 aromatic heterocycles. The summed E-state index contributed by atoms with van der Waals surface area (Å²) < 4.78 is 4.98. The van der Waals surface area contributed by atoms with Gasteiger partial charge in [-0.05, 0) is 30.5 Å². The van der Waals surface area contributed by atoms with E-state index in [2.05, 4.69) is 13.8 Å². The van der Waals surface area contributed by atoms with Crippen LogP contribution in [0.1, 0.15) is 26.3 Å². The molecule has 0 spiro atoms. The molecule has 0 saturated heterocycles. The lowest BCUT2D eigenvalue weighted by Crippen LogP contribution is -2.38. The minimum Gasteiger partial charge on any atom is -0.504 e. The number of benzene rings is 1. The fourth-order valence-electron chi connectivity index (χ4n) is 1.36. The quantitative estimate of drug-likeness (QED) is 0.802. The highest BCUT2D eigenvalue weighted by Crippen LogP contribution is 2.33. The van der Waals surface area contributed by atoms with Crippen LogP contribution >= 0.6 is 0 Å². The van der Waals surface area contributed by atoms with Gasteiger partial charge in [-0.2, -0.15) is 0 Å². The molecule has 0 fully saturated rings. The number of phenolic OH excluding ortho intramolecular Hbond substituents is 1. The second-order valence-electron chi connectivity index (χ2n) is 4.32. The minimum absolute atomic E-state index is 0.132. The lowest BCUT2D eigenvalue weighted by atomic mass is 9.82. The molecule has 0 amide bonds. The Morgan fingerprint density at radius 3 is 2.40 bits per heavy atom. The smallest absolute Gasteiger partial charge is 0.160 e. The highest BCUT2D eigenvalue weighted by molar-refractivity contribution is 5.43. The number of phenols is 1. The third kappa shape index (κ3) is 2.23. The van der Waals surface area contributed by atoms with E-state index in [0.29, 0.717) is 11.7 Å². The maximum atomic E-state index is 9.66. The van der Waals surface area contributed by atoms with E-state index in [0.717, 1.165) is 5.56 Å². The Labute approximate surface area is 90.9 Å². The van der Waals surface area contributed by atoms with Gasteiger partial charge in [0.2, 0.25) is 0 Å². The molecule has 0 aliphatic rings. The highest BCUT2D eigenvalue weighted by Gasteiger charge is 2.26. The van der Waals surface area contributed by atoms with Crippen LogP contribution in [0.2, 0.25) is 0 Å². The normalized spacial score (nSPS) is 15.1. The Hall–Kier alpha value is -1.22.